The third-order valence-corrected chi connectivity index (χ3v) is 2.85. The zero-order valence-corrected chi connectivity index (χ0v) is 13.3. The van der Waals surface area contributed by atoms with Crippen molar-refractivity contribution in [2.75, 3.05) is 40.6 Å². The van der Waals surface area contributed by atoms with Crippen molar-refractivity contribution < 1.29 is 33.5 Å². The summed E-state index contributed by atoms with van der Waals surface area (Å²) >= 11 is 0. The summed E-state index contributed by atoms with van der Waals surface area (Å²) in [6.07, 6.45) is 0. The number of nitro benzene ring substituents is 1. The molecule has 0 saturated carbocycles. The van der Waals surface area contributed by atoms with E-state index in [4.69, 9.17) is 15.2 Å². The normalized spacial score (nSPS) is 10.1. The SMILES string of the molecule is COC(=O)c1cc(OCCOCCN)c([N+](=O)[O-])cc1C(=O)OC. The minimum Gasteiger partial charge on any atom is -0.484 e. The molecule has 0 aliphatic carbocycles. The summed E-state index contributed by atoms with van der Waals surface area (Å²) in [7, 11) is 2.21. The van der Waals surface area contributed by atoms with Gasteiger partial charge in [-0.1, -0.05) is 0 Å². The van der Waals surface area contributed by atoms with Crippen LogP contribution in [0.4, 0.5) is 5.69 Å². The molecule has 0 aromatic heterocycles. The zero-order chi connectivity index (χ0) is 18.1. The van der Waals surface area contributed by atoms with Crippen molar-refractivity contribution in [3.63, 3.8) is 0 Å². The molecule has 2 N–H and O–H groups in total. The fourth-order valence-electron chi connectivity index (χ4n) is 1.78. The Bertz CT molecular complexity index is 617. The summed E-state index contributed by atoms with van der Waals surface area (Å²) < 4.78 is 19.5. The fourth-order valence-corrected chi connectivity index (χ4v) is 1.78. The van der Waals surface area contributed by atoms with Gasteiger partial charge < -0.3 is 24.7 Å². The highest BCUT2D eigenvalue weighted by Gasteiger charge is 2.27. The number of carbonyl (C=O) groups is 2. The first-order chi connectivity index (χ1) is 11.5. The lowest BCUT2D eigenvalue weighted by molar-refractivity contribution is -0.385. The van der Waals surface area contributed by atoms with E-state index in [-0.39, 0.29) is 30.1 Å². The maximum Gasteiger partial charge on any atom is 0.338 e. The van der Waals surface area contributed by atoms with Crippen LogP contribution in [0.5, 0.6) is 5.75 Å². The first-order valence-corrected chi connectivity index (χ1v) is 6.85. The summed E-state index contributed by atoms with van der Waals surface area (Å²) in [4.78, 5) is 34.0. The van der Waals surface area contributed by atoms with Crippen LogP contribution in [0.2, 0.25) is 0 Å². The summed E-state index contributed by atoms with van der Waals surface area (Å²) in [5, 5.41) is 11.2. The van der Waals surface area contributed by atoms with Crippen molar-refractivity contribution in [1.82, 2.24) is 0 Å². The van der Waals surface area contributed by atoms with E-state index in [1.807, 2.05) is 0 Å². The van der Waals surface area contributed by atoms with Crippen molar-refractivity contribution in [3.05, 3.63) is 33.4 Å². The van der Waals surface area contributed by atoms with E-state index < -0.39 is 22.5 Å². The van der Waals surface area contributed by atoms with E-state index in [0.29, 0.717) is 13.2 Å². The summed E-state index contributed by atoms with van der Waals surface area (Å²) in [6.45, 7) is 0.806. The second-order valence-electron chi connectivity index (χ2n) is 4.36. The van der Waals surface area contributed by atoms with E-state index in [2.05, 4.69) is 9.47 Å². The van der Waals surface area contributed by atoms with Gasteiger partial charge in [0, 0.05) is 18.7 Å². The molecule has 1 aromatic carbocycles. The topological polar surface area (TPSA) is 140 Å². The van der Waals surface area contributed by atoms with Crippen molar-refractivity contribution in [2.45, 2.75) is 0 Å². The maximum absolute atomic E-state index is 11.8. The summed E-state index contributed by atoms with van der Waals surface area (Å²) in [5.74, 6) is -1.95. The third-order valence-electron chi connectivity index (χ3n) is 2.85. The molecule has 0 radical (unpaired) electrons. The Balaban J connectivity index is 3.18. The molecular formula is C14H18N2O8. The number of ether oxygens (including phenoxy) is 4. The number of nitro groups is 1. The lowest BCUT2D eigenvalue weighted by Gasteiger charge is -2.11. The second kappa shape index (κ2) is 9.43. The van der Waals surface area contributed by atoms with Crippen LogP contribution in [0.15, 0.2) is 12.1 Å². The Kier molecular flexibility index (Phi) is 7.59. The van der Waals surface area contributed by atoms with Gasteiger partial charge >= 0.3 is 17.6 Å². The van der Waals surface area contributed by atoms with Gasteiger partial charge in [0.1, 0.15) is 6.61 Å². The molecule has 0 amide bonds. The Labute approximate surface area is 137 Å². The number of esters is 2. The number of hydrogen-bond acceptors (Lipinski definition) is 9. The molecule has 132 valence electrons. The number of nitrogens with zero attached hydrogens (tertiary/aromatic N) is 1. The first-order valence-electron chi connectivity index (χ1n) is 6.85. The standard InChI is InChI=1S/C14H18N2O8/c1-21-13(17)9-7-11(16(19)20)12(8-10(9)14(18)22-2)24-6-5-23-4-3-15/h7-8H,3-6,15H2,1-2H3. The number of rotatable bonds is 9. The number of benzene rings is 1. The zero-order valence-electron chi connectivity index (χ0n) is 13.3. The molecule has 0 spiro atoms. The average Bonchev–Trinajstić information content (AvgIpc) is 2.59. The van der Waals surface area contributed by atoms with E-state index in [1.54, 1.807) is 0 Å². The molecule has 10 heteroatoms. The van der Waals surface area contributed by atoms with Gasteiger partial charge in [-0.3, -0.25) is 10.1 Å². The molecule has 0 unspecified atom stereocenters. The van der Waals surface area contributed by atoms with Crippen LogP contribution < -0.4 is 10.5 Å². The largest absolute Gasteiger partial charge is 0.484 e. The number of nitrogens with two attached hydrogens (primary N) is 1. The van der Waals surface area contributed by atoms with E-state index >= 15 is 0 Å². The molecule has 0 heterocycles. The maximum atomic E-state index is 11.8. The number of methoxy groups -OCH3 is 2. The Morgan fingerprint density at radius 2 is 1.67 bits per heavy atom. The molecule has 1 aromatic rings. The number of hydrogen-bond donors (Lipinski definition) is 1. The van der Waals surface area contributed by atoms with Crippen LogP contribution in [-0.2, 0) is 14.2 Å². The van der Waals surface area contributed by atoms with Crippen LogP contribution in [-0.4, -0.2) is 57.4 Å². The smallest absolute Gasteiger partial charge is 0.338 e. The van der Waals surface area contributed by atoms with Crippen molar-refractivity contribution >= 4 is 17.6 Å². The lowest BCUT2D eigenvalue weighted by Crippen LogP contribution is -2.15. The predicted molar refractivity (Wildman–Crippen MR) is 81.1 cm³/mol. The molecule has 0 aliphatic rings. The Hall–Kier alpha value is -2.72. The van der Waals surface area contributed by atoms with Gasteiger partial charge in [0.05, 0.1) is 43.5 Å². The monoisotopic (exact) mass is 342 g/mol. The molecule has 24 heavy (non-hydrogen) atoms. The van der Waals surface area contributed by atoms with Gasteiger partial charge in [-0.2, -0.15) is 0 Å². The third kappa shape index (κ3) is 4.89. The van der Waals surface area contributed by atoms with Crippen molar-refractivity contribution in [2.24, 2.45) is 5.73 Å². The van der Waals surface area contributed by atoms with Crippen LogP contribution in [0.3, 0.4) is 0 Å². The van der Waals surface area contributed by atoms with Gasteiger partial charge in [0.2, 0.25) is 0 Å². The molecule has 0 aliphatic heterocycles. The van der Waals surface area contributed by atoms with Crippen LogP contribution in [0.1, 0.15) is 20.7 Å². The Morgan fingerprint density at radius 1 is 1.08 bits per heavy atom. The summed E-state index contributed by atoms with van der Waals surface area (Å²) in [5.41, 5.74) is 4.29. The quantitative estimate of drug-likeness (QED) is 0.294. The Morgan fingerprint density at radius 3 is 2.17 bits per heavy atom. The lowest BCUT2D eigenvalue weighted by atomic mass is 10.1. The molecule has 0 saturated heterocycles. The fraction of sp³-hybridized carbons (Fsp3) is 0.429. The minimum atomic E-state index is -0.906. The van der Waals surface area contributed by atoms with Crippen LogP contribution >= 0.6 is 0 Å². The molecule has 0 atom stereocenters. The molecule has 0 bridgehead atoms. The first kappa shape index (κ1) is 19.3. The predicted octanol–water partition coefficient (Wildman–Crippen LogP) is 0.522. The molecule has 1 rings (SSSR count). The highest BCUT2D eigenvalue weighted by atomic mass is 16.6. The highest BCUT2D eigenvalue weighted by molar-refractivity contribution is 6.04. The van der Waals surface area contributed by atoms with Gasteiger partial charge in [-0.05, 0) is 0 Å². The van der Waals surface area contributed by atoms with Crippen LogP contribution in [0.25, 0.3) is 0 Å². The average molecular weight is 342 g/mol. The summed E-state index contributed by atoms with van der Waals surface area (Å²) in [6, 6.07) is 1.98. The minimum absolute atomic E-state index is 0.000969. The molecule has 10 nitrogen and oxygen atoms in total. The molecule has 0 fully saturated rings. The van der Waals surface area contributed by atoms with Crippen molar-refractivity contribution in [3.8, 4) is 5.75 Å². The highest BCUT2D eigenvalue weighted by Crippen LogP contribution is 2.31. The van der Waals surface area contributed by atoms with E-state index in [9.17, 15) is 19.7 Å². The van der Waals surface area contributed by atoms with Gasteiger partial charge in [0.25, 0.3) is 0 Å². The van der Waals surface area contributed by atoms with Gasteiger partial charge in [-0.25, -0.2) is 9.59 Å². The second-order valence-corrected chi connectivity index (χ2v) is 4.36. The van der Waals surface area contributed by atoms with Crippen LogP contribution in [0, 0.1) is 10.1 Å². The van der Waals surface area contributed by atoms with Crippen molar-refractivity contribution in [1.29, 1.82) is 0 Å². The molecular weight excluding hydrogens is 324 g/mol. The van der Waals surface area contributed by atoms with E-state index in [1.165, 1.54) is 0 Å². The van der Waals surface area contributed by atoms with Gasteiger partial charge in [0.15, 0.2) is 5.75 Å². The van der Waals surface area contributed by atoms with E-state index in [0.717, 1.165) is 26.4 Å². The number of carbonyl (C=O) groups excluding carboxylic acids is 2. The van der Waals surface area contributed by atoms with Gasteiger partial charge in [-0.15, -0.1) is 0 Å².